The zero-order valence-corrected chi connectivity index (χ0v) is 27.4. The van der Waals surface area contributed by atoms with Gasteiger partial charge in [-0.15, -0.1) is 0 Å². The van der Waals surface area contributed by atoms with Crippen LogP contribution in [0.4, 0.5) is 0 Å². The van der Waals surface area contributed by atoms with Gasteiger partial charge in [0.15, 0.2) is 0 Å². The molecule has 2 bridgehead atoms. The Labute approximate surface area is 275 Å². The molecule has 3 aromatic carbocycles. The van der Waals surface area contributed by atoms with Gasteiger partial charge in [-0.25, -0.2) is 0 Å². The Hall–Kier alpha value is -4.10. The Balaban J connectivity index is 0.911. The number of hydrogen-bond donors (Lipinski definition) is 0. The summed E-state index contributed by atoms with van der Waals surface area (Å²) in [5.74, 6) is 4.34. The van der Waals surface area contributed by atoms with Crippen molar-refractivity contribution in [1.82, 2.24) is 0 Å². The highest BCUT2D eigenvalue weighted by Gasteiger charge is 2.38. The number of hydrogen-bond acceptors (Lipinski definition) is 1. The second kappa shape index (κ2) is 12.6. The molecule has 0 radical (unpaired) electrons. The predicted octanol–water partition coefficient (Wildman–Crippen LogP) is 9.97. The van der Waals surface area contributed by atoms with Crippen LogP contribution < -0.4 is 10.4 Å². The maximum atomic E-state index is 6.63. The number of benzene rings is 3. The Morgan fingerprint density at radius 2 is 1.76 bits per heavy atom. The van der Waals surface area contributed by atoms with E-state index in [0.29, 0.717) is 30.3 Å². The normalized spacial score (nSPS) is 25.6. The van der Waals surface area contributed by atoms with E-state index in [1.807, 2.05) is 0 Å². The first kappa shape index (κ1) is 29.3. The van der Waals surface area contributed by atoms with Gasteiger partial charge in [0.25, 0.3) is 0 Å². The van der Waals surface area contributed by atoms with Gasteiger partial charge in [-0.1, -0.05) is 115 Å². The SMILES string of the molecule is C/C(=C\C=C/CC[C@H]1c2ccccc2C2=CC=c3ccccc3=CC21)c1ccc(COC(=C2CC2)C2CC3C=CC2CC3)cc1C. The van der Waals surface area contributed by atoms with Crippen LogP contribution in [0.25, 0.3) is 23.3 Å². The second-order valence-electron chi connectivity index (χ2n) is 14.3. The van der Waals surface area contributed by atoms with Crippen LogP contribution in [0.5, 0.6) is 0 Å². The molecular weight excluding hydrogens is 556 g/mol. The molecule has 0 heterocycles. The summed E-state index contributed by atoms with van der Waals surface area (Å²) < 4.78 is 6.63. The van der Waals surface area contributed by atoms with Gasteiger partial charge < -0.3 is 4.74 Å². The van der Waals surface area contributed by atoms with Gasteiger partial charge in [-0.3, -0.25) is 0 Å². The monoisotopic (exact) mass is 602 g/mol. The number of aryl methyl sites for hydroxylation is 1. The molecule has 5 atom stereocenters. The minimum Gasteiger partial charge on any atom is -0.493 e. The number of allylic oxidation sites excluding steroid dienone is 10. The quantitative estimate of drug-likeness (QED) is 0.135. The van der Waals surface area contributed by atoms with E-state index >= 15 is 0 Å². The topological polar surface area (TPSA) is 9.23 Å². The third-order valence-electron chi connectivity index (χ3n) is 11.3. The Morgan fingerprint density at radius 3 is 2.54 bits per heavy atom. The van der Waals surface area contributed by atoms with Gasteiger partial charge in [0.2, 0.25) is 0 Å². The predicted molar refractivity (Wildman–Crippen MR) is 193 cm³/mol. The van der Waals surface area contributed by atoms with Crippen molar-refractivity contribution >= 4 is 23.3 Å². The van der Waals surface area contributed by atoms with Gasteiger partial charge >= 0.3 is 0 Å². The molecule has 2 saturated carbocycles. The molecule has 1 heteroatoms. The average Bonchev–Trinajstić information content (AvgIpc) is 3.91. The van der Waals surface area contributed by atoms with Crippen molar-refractivity contribution in [2.75, 3.05) is 0 Å². The summed E-state index contributed by atoms with van der Waals surface area (Å²) >= 11 is 0. The lowest BCUT2D eigenvalue weighted by molar-refractivity contribution is 0.116. The van der Waals surface area contributed by atoms with E-state index in [9.17, 15) is 0 Å². The van der Waals surface area contributed by atoms with E-state index in [2.05, 4.69) is 129 Å². The molecule has 46 heavy (non-hydrogen) atoms. The minimum atomic E-state index is 0.430. The molecule has 0 amide bonds. The zero-order chi connectivity index (χ0) is 31.0. The molecule has 3 aromatic rings. The molecule has 0 N–H and O–H groups in total. The van der Waals surface area contributed by atoms with Gasteiger partial charge in [0.05, 0.1) is 5.76 Å². The summed E-state index contributed by atoms with van der Waals surface area (Å²) in [6.45, 7) is 5.17. The zero-order valence-electron chi connectivity index (χ0n) is 27.4. The molecule has 0 aromatic heterocycles. The largest absolute Gasteiger partial charge is 0.493 e. The molecule has 6 aliphatic carbocycles. The fourth-order valence-electron chi connectivity index (χ4n) is 8.71. The van der Waals surface area contributed by atoms with Crippen LogP contribution in [0.1, 0.15) is 85.6 Å². The Morgan fingerprint density at radius 1 is 0.913 bits per heavy atom. The van der Waals surface area contributed by atoms with Crippen LogP contribution in [0, 0.1) is 30.6 Å². The smallest absolute Gasteiger partial charge is 0.113 e. The standard InChI is InChI=1S/C45H46O/c1-30(38-24-18-33(26-31(38)2)29-46-45(36-21-22-36)43-27-32-16-19-35(43)20-17-32)10-4-3-5-13-41-39-14-8-9-15-40(39)42-25-23-34-11-6-7-12-37(34)28-44(41)42/h3-4,6-12,14-16,18-19,23-26,28,32,35,41,43-44H,5,13,17,20-22,27,29H2,1-2H3/b4-3-,30-10+/t32?,35?,41-,43?,44?/m0/s1. The highest BCUT2D eigenvalue weighted by atomic mass is 16.5. The highest BCUT2D eigenvalue weighted by Crippen LogP contribution is 2.50. The summed E-state index contributed by atoms with van der Waals surface area (Å²) in [7, 11) is 0. The maximum Gasteiger partial charge on any atom is 0.113 e. The van der Waals surface area contributed by atoms with Gasteiger partial charge in [-0.05, 0) is 132 Å². The lowest BCUT2D eigenvalue weighted by atomic mass is 9.68. The molecule has 6 aliphatic rings. The average molecular weight is 603 g/mol. The van der Waals surface area contributed by atoms with Crippen molar-refractivity contribution < 1.29 is 4.74 Å². The number of ether oxygens (including phenoxy) is 1. The van der Waals surface area contributed by atoms with Crippen LogP contribution in [0.3, 0.4) is 0 Å². The first-order valence-electron chi connectivity index (χ1n) is 17.7. The van der Waals surface area contributed by atoms with Crippen molar-refractivity contribution in [3.8, 4) is 0 Å². The van der Waals surface area contributed by atoms with E-state index in [1.165, 1.54) is 87.3 Å². The Bertz CT molecular complexity index is 1920. The molecule has 9 rings (SSSR count). The van der Waals surface area contributed by atoms with Crippen LogP contribution in [-0.2, 0) is 11.3 Å². The molecule has 0 saturated heterocycles. The van der Waals surface area contributed by atoms with Crippen LogP contribution >= 0.6 is 0 Å². The van der Waals surface area contributed by atoms with E-state index in [-0.39, 0.29) is 0 Å². The number of rotatable bonds is 9. The molecule has 0 aliphatic heterocycles. The van der Waals surface area contributed by atoms with Crippen LogP contribution in [0.15, 0.2) is 115 Å². The van der Waals surface area contributed by atoms with E-state index < -0.39 is 0 Å². The summed E-state index contributed by atoms with van der Waals surface area (Å²) in [5.41, 5.74) is 11.2. The maximum absolute atomic E-state index is 6.63. The third kappa shape index (κ3) is 5.81. The number of fused-ring (bicyclic) bond motifs is 6. The van der Waals surface area contributed by atoms with Crippen molar-refractivity contribution in [3.63, 3.8) is 0 Å². The van der Waals surface area contributed by atoms with Crippen LogP contribution in [0.2, 0.25) is 0 Å². The van der Waals surface area contributed by atoms with Crippen molar-refractivity contribution in [3.05, 3.63) is 153 Å². The highest BCUT2D eigenvalue weighted by molar-refractivity contribution is 5.84. The van der Waals surface area contributed by atoms with E-state index in [1.54, 1.807) is 5.57 Å². The van der Waals surface area contributed by atoms with Crippen molar-refractivity contribution in [2.24, 2.45) is 23.7 Å². The lowest BCUT2D eigenvalue weighted by Crippen LogP contribution is -2.29. The fraction of sp³-hybridized carbons (Fsp3) is 0.333. The van der Waals surface area contributed by atoms with Gasteiger partial charge in [0, 0.05) is 11.8 Å². The minimum absolute atomic E-state index is 0.430. The Kier molecular flexibility index (Phi) is 8.03. The third-order valence-corrected chi connectivity index (χ3v) is 11.3. The second-order valence-corrected chi connectivity index (χ2v) is 14.3. The summed E-state index contributed by atoms with van der Waals surface area (Å²) in [6, 6.07) is 24.7. The summed E-state index contributed by atoms with van der Waals surface area (Å²) in [4.78, 5) is 0. The van der Waals surface area contributed by atoms with Crippen molar-refractivity contribution in [2.45, 2.75) is 71.3 Å². The molecule has 0 spiro atoms. The molecule has 4 unspecified atom stereocenters. The summed E-state index contributed by atoms with van der Waals surface area (Å²) in [6.07, 6.45) is 27.7. The van der Waals surface area contributed by atoms with Crippen molar-refractivity contribution in [1.29, 1.82) is 0 Å². The molecule has 2 fully saturated rings. The van der Waals surface area contributed by atoms with Gasteiger partial charge in [0.1, 0.15) is 6.61 Å². The van der Waals surface area contributed by atoms with E-state index in [0.717, 1.165) is 18.8 Å². The molecule has 232 valence electrons. The van der Waals surface area contributed by atoms with Gasteiger partial charge in [-0.2, -0.15) is 0 Å². The lowest BCUT2D eigenvalue weighted by Gasteiger charge is -2.39. The fourth-order valence-corrected chi connectivity index (χ4v) is 8.71. The first-order valence-corrected chi connectivity index (χ1v) is 17.7. The van der Waals surface area contributed by atoms with E-state index in [4.69, 9.17) is 4.74 Å². The van der Waals surface area contributed by atoms with Crippen LogP contribution in [-0.4, -0.2) is 0 Å². The molecular formula is C45H46O. The molecule has 1 nitrogen and oxygen atoms in total. The summed E-state index contributed by atoms with van der Waals surface area (Å²) in [5, 5.41) is 2.67. The first-order chi connectivity index (χ1) is 22.6.